The standard InChI is InChI=1S/C14H24N6S/c1-15-12-17-13(16-9-11-5-8-21-10-11)19-14(18-12)20-6-3-2-4-7-20/h11H,2-10H2,1H3,(H2,15,16,17,18,19). The third kappa shape index (κ3) is 3.90. The van der Waals surface area contributed by atoms with Crippen LogP contribution in [-0.4, -0.2) is 53.1 Å². The Morgan fingerprint density at radius 2 is 1.95 bits per heavy atom. The van der Waals surface area contributed by atoms with Gasteiger partial charge in [-0.1, -0.05) is 0 Å². The van der Waals surface area contributed by atoms with Crippen molar-refractivity contribution in [2.75, 3.05) is 53.7 Å². The molecule has 0 radical (unpaired) electrons. The van der Waals surface area contributed by atoms with Crippen LogP contribution in [-0.2, 0) is 0 Å². The van der Waals surface area contributed by atoms with Gasteiger partial charge in [-0.2, -0.15) is 26.7 Å². The van der Waals surface area contributed by atoms with E-state index in [0.29, 0.717) is 11.9 Å². The van der Waals surface area contributed by atoms with Crippen molar-refractivity contribution in [2.24, 2.45) is 5.92 Å². The Kier molecular flexibility index (Phi) is 5.00. The first-order valence-electron chi connectivity index (χ1n) is 7.85. The molecular formula is C14H24N6S. The predicted molar refractivity (Wildman–Crippen MR) is 89.4 cm³/mol. The summed E-state index contributed by atoms with van der Waals surface area (Å²) in [5.74, 6) is 5.42. The minimum absolute atomic E-state index is 0.647. The van der Waals surface area contributed by atoms with Gasteiger partial charge in [0, 0.05) is 26.7 Å². The highest BCUT2D eigenvalue weighted by Gasteiger charge is 2.18. The quantitative estimate of drug-likeness (QED) is 0.863. The van der Waals surface area contributed by atoms with Crippen LogP contribution in [0.15, 0.2) is 0 Å². The first kappa shape index (κ1) is 14.7. The van der Waals surface area contributed by atoms with Crippen LogP contribution in [0.3, 0.4) is 0 Å². The van der Waals surface area contributed by atoms with Gasteiger partial charge >= 0.3 is 0 Å². The van der Waals surface area contributed by atoms with E-state index in [0.717, 1.165) is 31.5 Å². The zero-order chi connectivity index (χ0) is 14.5. The summed E-state index contributed by atoms with van der Waals surface area (Å²) in [6.07, 6.45) is 5.05. The number of thioether (sulfide) groups is 1. The van der Waals surface area contributed by atoms with Crippen molar-refractivity contribution in [3.63, 3.8) is 0 Å². The smallest absolute Gasteiger partial charge is 0.231 e. The number of hydrogen-bond donors (Lipinski definition) is 2. The highest BCUT2D eigenvalue weighted by molar-refractivity contribution is 7.99. The maximum atomic E-state index is 4.61. The minimum atomic E-state index is 0.647. The monoisotopic (exact) mass is 308 g/mol. The average molecular weight is 308 g/mol. The average Bonchev–Trinajstić information content (AvgIpc) is 3.07. The normalized spacial score (nSPS) is 22.3. The van der Waals surface area contributed by atoms with Gasteiger partial charge in [0.05, 0.1) is 0 Å². The maximum Gasteiger partial charge on any atom is 0.231 e. The molecule has 0 aromatic carbocycles. The number of rotatable bonds is 5. The van der Waals surface area contributed by atoms with E-state index < -0.39 is 0 Å². The van der Waals surface area contributed by atoms with E-state index in [4.69, 9.17) is 0 Å². The Hall–Kier alpha value is -1.24. The van der Waals surface area contributed by atoms with Crippen molar-refractivity contribution in [2.45, 2.75) is 25.7 Å². The third-order valence-corrected chi connectivity index (χ3v) is 5.29. The molecule has 0 amide bonds. The lowest BCUT2D eigenvalue weighted by Gasteiger charge is -2.27. The van der Waals surface area contributed by atoms with Crippen molar-refractivity contribution >= 4 is 29.6 Å². The summed E-state index contributed by atoms with van der Waals surface area (Å²) < 4.78 is 0. The van der Waals surface area contributed by atoms with Gasteiger partial charge in [-0.05, 0) is 43.1 Å². The lowest BCUT2D eigenvalue weighted by molar-refractivity contribution is 0.567. The third-order valence-electron chi connectivity index (χ3n) is 4.06. The summed E-state index contributed by atoms with van der Waals surface area (Å²) in [7, 11) is 1.85. The maximum absolute atomic E-state index is 4.61. The Bertz CT molecular complexity index is 457. The van der Waals surface area contributed by atoms with Gasteiger partial charge < -0.3 is 15.5 Å². The van der Waals surface area contributed by atoms with E-state index in [1.807, 2.05) is 18.8 Å². The molecule has 1 unspecified atom stereocenters. The fourth-order valence-corrected chi connectivity index (χ4v) is 4.06. The number of nitrogens with one attached hydrogen (secondary N) is 2. The molecule has 116 valence electrons. The van der Waals surface area contributed by atoms with Crippen molar-refractivity contribution in [1.29, 1.82) is 0 Å². The van der Waals surface area contributed by atoms with E-state index >= 15 is 0 Å². The molecule has 0 aliphatic carbocycles. The second-order valence-electron chi connectivity index (χ2n) is 5.69. The molecule has 2 saturated heterocycles. The zero-order valence-corrected chi connectivity index (χ0v) is 13.5. The predicted octanol–water partition coefficient (Wildman–Crippen LogP) is 2.07. The van der Waals surface area contributed by atoms with Crippen molar-refractivity contribution in [1.82, 2.24) is 15.0 Å². The number of aromatic nitrogens is 3. The molecule has 3 heterocycles. The van der Waals surface area contributed by atoms with E-state index in [2.05, 4.69) is 30.5 Å². The molecule has 21 heavy (non-hydrogen) atoms. The van der Waals surface area contributed by atoms with E-state index in [9.17, 15) is 0 Å². The van der Waals surface area contributed by atoms with Gasteiger partial charge in [-0.25, -0.2) is 0 Å². The largest absolute Gasteiger partial charge is 0.357 e. The molecule has 3 rings (SSSR count). The fourth-order valence-electron chi connectivity index (χ4n) is 2.77. The lowest BCUT2D eigenvalue weighted by atomic mass is 10.1. The fraction of sp³-hybridized carbons (Fsp3) is 0.786. The topological polar surface area (TPSA) is 66.0 Å². The summed E-state index contributed by atoms with van der Waals surface area (Å²) in [6.45, 7) is 3.05. The van der Waals surface area contributed by atoms with Crippen molar-refractivity contribution in [3.8, 4) is 0 Å². The van der Waals surface area contributed by atoms with Crippen LogP contribution in [0.2, 0.25) is 0 Å². The number of hydrogen-bond acceptors (Lipinski definition) is 7. The lowest BCUT2D eigenvalue weighted by Crippen LogP contribution is -2.31. The molecule has 0 bridgehead atoms. The van der Waals surface area contributed by atoms with Crippen LogP contribution >= 0.6 is 11.8 Å². The van der Waals surface area contributed by atoms with Crippen LogP contribution in [0.5, 0.6) is 0 Å². The summed E-state index contributed by atoms with van der Waals surface area (Å²) >= 11 is 2.04. The van der Waals surface area contributed by atoms with Gasteiger partial charge in [-0.3, -0.25) is 0 Å². The van der Waals surface area contributed by atoms with Crippen LogP contribution in [0, 0.1) is 5.92 Å². The van der Waals surface area contributed by atoms with Crippen LogP contribution in [0.4, 0.5) is 17.8 Å². The highest BCUT2D eigenvalue weighted by atomic mass is 32.2. The van der Waals surface area contributed by atoms with Gasteiger partial charge in [0.1, 0.15) is 0 Å². The Morgan fingerprint density at radius 1 is 1.14 bits per heavy atom. The Labute approximate surface area is 130 Å². The molecule has 0 spiro atoms. The molecule has 2 aliphatic rings. The summed E-state index contributed by atoms with van der Waals surface area (Å²) in [5.41, 5.74) is 0. The molecule has 1 aromatic rings. The van der Waals surface area contributed by atoms with Gasteiger partial charge in [-0.15, -0.1) is 0 Å². The number of nitrogens with zero attached hydrogens (tertiary/aromatic N) is 4. The Balaban J connectivity index is 1.69. The molecule has 2 N–H and O–H groups in total. The first-order valence-corrected chi connectivity index (χ1v) is 9.01. The SMILES string of the molecule is CNc1nc(NCC2CCSC2)nc(N2CCCCC2)n1. The van der Waals surface area contributed by atoms with E-state index in [1.165, 1.54) is 37.2 Å². The van der Waals surface area contributed by atoms with Gasteiger partial charge in [0.15, 0.2) is 0 Å². The molecule has 2 fully saturated rings. The molecule has 1 aromatic heterocycles. The van der Waals surface area contributed by atoms with Crippen LogP contribution in [0.1, 0.15) is 25.7 Å². The van der Waals surface area contributed by atoms with Crippen molar-refractivity contribution in [3.05, 3.63) is 0 Å². The number of piperidine rings is 1. The Morgan fingerprint density at radius 3 is 2.67 bits per heavy atom. The van der Waals surface area contributed by atoms with Gasteiger partial charge in [0.2, 0.25) is 17.8 Å². The van der Waals surface area contributed by atoms with Gasteiger partial charge in [0.25, 0.3) is 0 Å². The summed E-state index contributed by atoms with van der Waals surface area (Å²) in [6, 6.07) is 0. The second-order valence-corrected chi connectivity index (χ2v) is 6.84. The van der Waals surface area contributed by atoms with Crippen LogP contribution in [0.25, 0.3) is 0 Å². The van der Waals surface area contributed by atoms with E-state index in [-0.39, 0.29) is 0 Å². The molecule has 7 heteroatoms. The molecule has 6 nitrogen and oxygen atoms in total. The highest BCUT2D eigenvalue weighted by Crippen LogP contribution is 2.24. The second kappa shape index (κ2) is 7.15. The van der Waals surface area contributed by atoms with Crippen LogP contribution < -0.4 is 15.5 Å². The zero-order valence-electron chi connectivity index (χ0n) is 12.6. The number of anilines is 3. The molecule has 0 saturated carbocycles. The summed E-state index contributed by atoms with van der Waals surface area (Å²) in [5, 5.41) is 6.44. The molecule has 1 atom stereocenters. The molecule has 2 aliphatic heterocycles. The van der Waals surface area contributed by atoms with E-state index in [1.54, 1.807) is 0 Å². The van der Waals surface area contributed by atoms with Crippen molar-refractivity contribution < 1.29 is 0 Å². The first-order chi connectivity index (χ1) is 10.3. The minimum Gasteiger partial charge on any atom is -0.357 e. The molecular weight excluding hydrogens is 284 g/mol. The summed E-state index contributed by atoms with van der Waals surface area (Å²) in [4.78, 5) is 15.8.